The molecule has 104 valence electrons. The Morgan fingerprint density at radius 3 is 2.60 bits per heavy atom. The van der Waals surface area contributed by atoms with Gasteiger partial charge in [-0.1, -0.05) is 23.2 Å². The van der Waals surface area contributed by atoms with Crippen LogP contribution in [-0.4, -0.2) is 20.3 Å². The van der Waals surface area contributed by atoms with E-state index in [1.54, 1.807) is 18.2 Å². The van der Waals surface area contributed by atoms with E-state index in [9.17, 15) is 9.00 Å². The van der Waals surface area contributed by atoms with Gasteiger partial charge in [0.1, 0.15) is 0 Å². The van der Waals surface area contributed by atoms with E-state index in [-0.39, 0.29) is 11.3 Å². The molecule has 0 saturated heterocycles. The van der Waals surface area contributed by atoms with Crippen molar-refractivity contribution in [2.75, 3.05) is 0 Å². The van der Waals surface area contributed by atoms with Crippen molar-refractivity contribution >= 4 is 40.0 Å². The van der Waals surface area contributed by atoms with Crippen molar-refractivity contribution in [1.82, 2.24) is 4.98 Å². The maximum Gasteiger partial charge on any atom is 0.337 e. The first-order valence-corrected chi connectivity index (χ1v) is 7.56. The largest absolute Gasteiger partial charge is 0.478 e. The Bertz CT molecular complexity index is 674. The third kappa shape index (κ3) is 3.56. The van der Waals surface area contributed by atoms with E-state index < -0.39 is 16.8 Å². The fraction of sp³-hybridized carbons (Fsp3) is 0.0769. The number of carbonyl (C=O) groups is 1. The van der Waals surface area contributed by atoms with Crippen LogP contribution in [0.3, 0.4) is 0 Å². The lowest BCUT2D eigenvalue weighted by Crippen LogP contribution is -2.02. The molecule has 0 spiro atoms. The molecule has 2 rings (SSSR count). The average Bonchev–Trinajstić information content (AvgIpc) is 2.42. The van der Waals surface area contributed by atoms with Crippen LogP contribution < -0.4 is 0 Å². The maximum absolute atomic E-state index is 12.2. The second kappa shape index (κ2) is 6.35. The SMILES string of the molecule is O=C(O)c1ccc(CS(=O)c2cc(Cl)ccc2Cl)nc1. The van der Waals surface area contributed by atoms with Crippen molar-refractivity contribution in [3.8, 4) is 0 Å². The minimum Gasteiger partial charge on any atom is -0.478 e. The number of halogens is 2. The molecule has 1 atom stereocenters. The van der Waals surface area contributed by atoms with E-state index in [0.29, 0.717) is 20.6 Å². The molecule has 0 bridgehead atoms. The van der Waals surface area contributed by atoms with Gasteiger partial charge in [0.2, 0.25) is 0 Å². The number of rotatable bonds is 4. The van der Waals surface area contributed by atoms with Gasteiger partial charge in [-0.3, -0.25) is 9.19 Å². The van der Waals surface area contributed by atoms with Gasteiger partial charge in [-0.15, -0.1) is 0 Å². The van der Waals surface area contributed by atoms with Crippen LogP contribution in [0.5, 0.6) is 0 Å². The summed E-state index contributed by atoms with van der Waals surface area (Å²) < 4.78 is 12.2. The van der Waals surface area contributed by atoms with Crippen molar-refractivity contribution in [3.05, 3.63) is 57.8 Å². The van der Waals surface area contributed by atoms with Crippen LogP contribution >= 0.6 is 23.2 Å². The molecule has 0 aliphatic carbocycles. The van der Waals surface area contributed by atoms with Crippen LogP contribution in [0, 0.1) is 0 Å². The number of hydrogen-bond acceptors (Lipinski definition) is 3. The molecular weight excluding hydrogens is 321 g/mol. The molecule has 1 N–H and O–H groups in total. The van der Waals surface area contributed by atoms with Gasteiger partial charge in [-0.05, 0) is 30.3 Å². The molecule has 1 aromatic carbocycles. The third-order valence-electron chi connectivity index (χ3n) is 2.49. The van der Waals surface area contributed by atoms with Crippen LogP contribution in [0.4, 0.5) is 0 Å². The minimum atomic E-state index is -1.40. The smallest absolute Gasteiger partial charge is 0.337 e. The van der Waals surface area contributed by atoms with Gasteiger partial charge in [-0.2, -0.15) is 0 Å². The predicted molar refractivity (Wildman–Crippen MR) is 77.8 cm³/mol. The summed E-state index contributed by atoms with van der Waals surface area (Å²) in [4.78, 5) is 15.1. The summed E-state index contributed by atoms with van der Waals surface area (Å²) in [5, 5.41) is 9.59. The van der Waals surface area contributed by atoms with Crippen molar-refractivity contribution in [2.45, 2.75) is 10.6 Å². The Morgan fingerprint density at radius 2 is 2.00 bits per heavy atom. The summed E-state index contributed by atoms with van der Waals surface area (Å²) in [6, 6.07) is 7.69. The lowest BCUT2D eigenvalue weighted by atomic mass is 10.2. The number of pyridine rings is 1. The van der Waals surface area contributed by atoms with Gasteiger partial charge in [0, 0.05) is 11.2 Å². The molecule has 4 nitrogen and oxygen atoms in total. The van der Waals surface area contributed by atoms with Crippen LogP contribution in [0.25, 0.3) is 0 Å². The molecule has 0 radical (unpaired) electrons. The summed E-state index contributed by atoms with van der Waals surface area (Å²) in [6.07, 6.45) is 1.23. The summed E-state index contributed by atoms with van der Waals surface area (Å²) >= 11 is 11.8. The van der Waals surface area contributed by atoms with Crippen LogP contribution in [0.15, 0.2) is 41.4 Å². The molecule has 2 aromatic rings. The Morgan fingerprint density at radius 1 is 1.25 bits per heavy atom. The molecule has 0 fully saturated rings. The molecule has 0 saturated carbocycles. The first-order valence-electron chi connectivity index (χ1n) is 5.49. The van der Waals surface area contributed by atoms with Gasteiger partial charge >= 0.3 is 5.97 Å². The molecule has 1 unspecified atom stereocenters. The Balaban J connectivity index is 2.19. The minimum absolute atomic E-state index is 0.0836. The molecule has 0 aliphatic rings. The standard InChI is InChI=1S/C13H9Cl2NO3S/c14-9-2-4-11(15)12(5-9)20(19)7-10-3-1-8(6-16-10)13(17)18/h1-6H,7H2,(H,17,18). The van der Waals surface area contributed by atoms with Crippen molar-refractivity contribution in [2.24, 2.45) is 0 Å². The zero-order chi connectivity index (χ0) is 14.7. The average molecular weight is 330 g/mol. The van der Waals surface area contributed by atoms with Crippen molar-refractivity contribution < 1.29 is 14.1 Å². The highest BCUT2D eigenvalue weighted by atomic mass is 35.5. The van der Waals surface area contributed by atoms with E-state index >= 15 is 0 Å². The Hall–Kier alpha value is -1.43. The van der Waals surface area contributed by atoms with E-state index in [4.69, 9.17) is 28.3 Å². The molecule has 7 heteroatoms. The molecule has 1 aromatic heterocycles. The van der Waals surface area contributed by atoms with Gasteiger partial charge in [-0.25, -0.2) is 4.79 Å². The first-order chi connectivity index (χ1) is 9.47. The number of hydrogen-bond donors (Lipinski definition) is 1. The molecule has 20 heavy (non-hydrogen) atoms. The first kappa shape index (κ1) is 15.0. The summed E-state index contributed by atoms with van der Waals surface area (Å²) in [5.41, 5.74) is 0.602. The summed E-state index contributed by atoms with van der Waals surface area (Å²) in [5.74, 6) is -0.914. The van der Waals surface area contributed by atoms with E-state index in [2.05, 4.69) is 4.98 Å². The van der Waals surface area contributed by atoms with Gasteiger partial charge < -0.3 is 5.11 Å². The van der Waals surface area contributed by atoms with E-state index in [1.807, 2.05) is 0 Å². The highest BCUT2D eigenvalue weighted by Gasteiger charge is 2.12. The zero-order valence-corrected chi connectivity index (χ0v) is 12.4. The molecule has 1 heterocycles. The lowest BCUT2D eigenvalue weighted by Gasteiger charge is -2.05. The topological polar surface area (TPSA) is 67.3 Å². The van der Waals surface area contributed by atoms with E-state index in [0.717, 1.165) is 0 Å². The third-order valence-corrected chi connectivity index (χ3v) is 4.55. The summed E-state index contributed by atoms with van der Waals surface area (Å²) in [6.45, 7) is 0. The number of carboxylic acids is 1. The lowest BCUT2D eigenvalue weighted by molar-refractivity contribution is 0.0696. The molecular formula is C13H9Cl2NO3S. The summed E-state index contributed by atoms with van der Waals surface area (Å²) in [7, 11) is -1.40. The van der Waals surface area contributed by atoms with Crippen LogP contribution in [-0.2, 0) is 16.6 Å². The number of nitrogens with zero attached hydrogens (tertiary/aromatic N) is 1. The van der Waals surface area contributed by atoms with Gasteiger partial charge in [0.15, 0.2) is 0 Å². The number of aromatic nitrogens is 1. The zero-order valence-electron chi connectivity index (χ0n) is 10.0. The highest BCUT2D eigenvalue weighted by Crippen LogP contribution is 2.25. The van der Waals surface area contributed by atoms with Gasteiger partial charge in [0.05, 0.1) is 37.7 Å². The van der Waals surface area contributed by atoms with Crippen molar-refractivity contribution in [1.29, 1.82) is 0 Å². The second-order valence-electron chi connectivity index (χ2n) is 3.91. The van der Waals surface area contributed by atoms with Crippen LogP contribution in [0.1, 0.15) is 16.1 Å². The molecule has 0 aliphatic heterocycles. The van der Waals surface area contributed by atoms with Crippen molar-refractivity contribution in [3.63, 3.8) is 0 Å². The Labute approximate surface area is 127 Å². The Kier molecular flexibility index (Phi) is 4.75. The fourth-order valence-corrected chi connectivity index (χ4v) is 3.25. The fourth-order valence-electron chi connectivity index (χ4n) is 1.50. The second-order valence-corrected chi connectivity index (χ2v) is 6.17. The highest BCUT2D eigenvalue weighted by molar-refractivity contribution is 7.84. The normalized spacial score (nSPS) is 12.1. The predicted octanol–water partition coefficient (Wildman–Crippen LogP) is 3.39. The number of carboxylic acid groups (broad SMARTS) is 1. The monoisotopic (exact) mass is 329 g/mol. The maximum atomic E-state index is 12.2. The van der Waals surface area contributed by atoms with E-state index in [1.165, 1.54) is 18.3 Å². The number of aromatic carboxylic acids is 1. The van der Waals surface area contributed by atoms with Crippen LogP contribution in [0.2, 0.25) is 10.0 Å². The number of benzene rings is 1. The molecule has 0 amide bonds. The quantitative estimate of drug-likeness (QED) is 0.933. The van der Waals surface area contributed by atoms with Gasteiger partial charge in [0.25, 0.3) is 0 Å².